The molecular weight excluding hydrogens is 341 g/mol. The summed E-state index contributed by atoms with van der Waals surface area (Å²) in [6.45, 7) is 2.04. The van der Waals surface area contributed by atoms with Crippen LogP contribution in [0.2, 0.25) is 10.0 Å². The van der Waals surface area contributed by atoms with Gasteiger partial charge in [0.1, 0.15) is 0 Å². The van der Waals surface area contributed by atoms with Gasteiger partial charge in [-0.2, -0.15) is 0 Å². The van der Waals surface area contributed by atoms with Crippen LogP contribution in [0.4, 0.5) is 0 Å². The second-order valence-electron chi connectivity index (χ2n) is 3.71. The molecule has 0 saturated carbocycles. The standard InChI is InChI=1S/C12H10BrCl2NS/c1-6-8(5-11(13)17-6)12(16)9-4-7(14)2-3-10(9)15/h2-5,12H,16H2,1H3. The summed E-state index contributed by atoms with van der Waals surface area (Å²) in [5, 5.41) is 1.29. The van der Waals surface area contributed by atoms with E-state index in [1.165, 1.54) is 4.88 Å². The maximum absolute atomic E-state index is 6.24. The Balaban J connectivity index is 2.46. The minimum atomic E-state index is -0.247. The van der Waals surface area contributed by atoms with Crippen LogP contribution < -0.4 is 5.73 Å². The molecule has 1 unspecified atom stereocenters. The maximum atomic E-state index is 6.24. The molecule has 0 aliphatic carbocycles. The fourth-order valence-corrected chi connectivity index (χ4v) is 3.86. The van der Waals surface area contributed by atoms with Gasteiger partial charge in [0.15, 0.2) is 0 Å². The van der Waals surface area contributed by atoms with E-state index >= 15 is 0 Å². The van der Waals surface area contributed by atoms with E-state index in [-0.39, 0.29) is 6.04 Å². The summed E-state index contributed by atoms with van der Waals surface area (Å²) in [6, 6.07) is 7.14. The van der Waals surface area contributed by atoms with Gasteiger partial charge >= 0.3 is 0 Å². The molecule has 1 heterocycles. The van der Waals surface area contributed by atoms with Crippen molar-refractivity contribution in [1.29, 1.82) is 0 Å². The zero-order chi connectivity index (χ0) is 12.6. The molecule has 0 amide bonds. The smallest absolute Gasteiger partial charge is 0.0704 e. The first-order valence-electron chi connectivity index (χ1n) is 4.95. The van der Waals surface area contributed by atoms with Crippen molar-refractivity contribution in [2.45, 2.75) is 13.0 Å². The molecule has 1 nitrogen and oxygen atoms in total. The highest BCUT2D eigenvalue weighted by Crippen LogP contribution is 2.35. The third-order valence-corrected chi connectivity index (χ3v) is 4.70. The predicted molar refractivity (Wildman–Crippen MR) is 79.2 cm³/mol. The van der Waals surface area contributed by atoms with Gasteiger partial charge in [-0.1, -0.05) is 23.2 Å². The number of nitrogens with two attached hydrogens (primary N) is 1. The van der Waals surface area contributed by atoms with Crippen LogP contribution in [0.5, 0.6) is 0 Å². The van der Waals surface area contributed by atoms with Crippen molar-refractivity contribution in [1.82, 2.24) is 0 Å². The van der Waals surface area contributed by atoms with Gasteiger partial charge in [-0.05, 0) is 58.2 Å². The molecule has 90 valence electrons. The van der Waals surface area contributed by atoms with Gasteiger partial charge in [-0.25, -0.2) is 0 Å². The average molecular weight is 351 g/mol. The molecule has 0 radical (unpaired) electrons. The molecule has 0 saturated heterocycles. The summed E-state index contributed by atoms with van der Waals surface area (Å²) >= 11 is 17.2. The lowest BCUT2D eigenvalue weighted by atomic mass is 10.0. The molecule has 0 bridgehead atoms. The largest absolute Gasteiger partial charge is 0.320 e. The van der Waals surface area contributed by atoms with Crippen molar-refractivity contribution >= 4 is 50.5 Å². The highest BCUT2D eigenvalue weighted by Gasteiger charge is 2.17. The molecule has 2 N–H and O–H groups in total. The molecule has 1 aromatic heterocycles. The zero-order valence-electron chi connectivity index (χ0n) is 9.01. The second kappa shape index (κ2) is 5.29. The Morgan fingerprint density at radius 2 is 1.94 bits per heavy atom. The molecule has 2 aromatic rings. The molecule has 1 aromatic carbocycles. The van der Waals surface area contributed by atoms with E-state index in [0.29, 0.717) is 10.0 Å². The summed E-state index contributed by atoms with van der Waals surface area (Å²) in [4.78, 5) is 1.18. The molecule has 0 aliphatic heterocycles. The SMILES string of the molecule is Cc1sc(Br)cc1C(N)c1cc(Cl)ccc1Cl. The normalized spacial score (nSPS) is 12.8. The minimum Gasteiger partial charge on any atom is -0.320 e. The van der Waals surface area contributed by atoms with Crippen LogP contribution in [0, 0.1) is 6.92 Å². The highest BCUT2D eigenvalue weighted by molar-refractivity contribution is 9.11. The monoisotopic (exact) mass is 349 g/mol. The van der Waals surface area contributed by atoms with Crippen LogP contribution in [-0.4, -0.2) is 0 Å². The van der Waals surface area contributed by atoms with Crippen LogP contribution >= 0.6 is 50.5 Å². The Kier molecular flexibility index (Phi) is 4.16. The summed E-state index contributed by atoms with van der Waals surface area (Å²) in [5.41, 5.74) is 8.17. The Bertz CT molecular complexity index is 553. The van der Waals surface area contributed by atoms with Crippen LogP contribution in [0.25, 0.3) is 0 Å². The molecule has 1 atom stereocenters. The fourth-order valence-electron chi connectivity index (χ4n) is 1.69. The Morgan fingerprint density at radius 3 is 2.53 bits per heavy atom. The van der Waals surface area contributed by atoms with E-state index in [2.05, 4.69) is 15.9 Å². The first kappa shape index (κ1) is 13.4. The molecule has 2 rings (SSSR count). The fraction of sp³-hybridized carbons (Fsp3) is 0.167. The van der Waals surface area contributed by atoms with E-state index in [1.807, 2.05) is 19.1 Å². The molecule has 5 heteroatoms. The maximum Gasteiger partial charge on any atom is 0.0704 e. The first-order chi connectivity index (χ1) is 7.99. The lowest BCUT2D eigenvalue weighted by Gasteiger charge is -2.14. The van der Waals surface area contributed by atoms with Crippen molar-refractivity contribution in [2.75, 3.05) is 0 Å². The lowest BCUT2D eigenvalue weighted by Crippen LogP contribution is -2.12. The minimum absolute atomic E-state index is 0.247. The summed E-state index contributed by atoms with van der Waals surface area (Å²) in [5.74, 6) is 0. The quantitative estimate of drug-likeness (QED) is 0.793. The lowest BCUT2D eigenvalue weighted by molar-refractivity contribution is 0.869. The summed E-state index contributed by atoms with van der Waals surface area (Å²) in [7, 11) is 0. The predicted octanol–water partition coefficient (Wildman–Crippen LogP) is 5.17. The van der Waals surface area contributed by atoms with Crippen molar-refractivity contribution in [3.05, 3.63) is 54.1 Å². The van der Waals surface area contributed by atoms with E-state index < -0.39 is 0 Å². The number of halogens is 3. The zero-order valence-corrected chi connectivity index (χ0v) is 12.9. The van der Waals surface area contributed by atoms with E-state index in [1.54, 1.807) is 23.5 Å². The van der Waals surface area contributed by atoms with Gasteiger partial charge < -0.3 is 5.73 Å². The third-order valence-electron chi connectivity index (χ3n) is 2.55. The van der Waals surface area contributed by atoms with Gasteiger partial charge in [-0.15, -0.1) is 11.3 Å². The number of hydrogen-bond acceptors (Lipinski definition) is 2. The third kappa shape index (κ3) is 2.85. The van der Waals surface area contributed by atoms with Crippen LogP contribution in [0.15, 0.2) is 28.1 Å². The van der Waals surface area contributed by atoms with Crippen LogP contribution in [-0.2, 0) is 0 Å². The van der Waals surface area contributed by atoms with E-state index in [9.17, 15) is 0 Å². The van der Waals surface area contributed by atoms with Crippen molar-refractivity contribution in [3.8, 4) is 0 Å². The Labute approximate surface area is 123 Å². The second-order valence-corrected chi connectivity index (χ2v) is 7.18. The number of aryl methyl sites for hydroxylation is 1. The van der Waals surface area contributed by atoms with E-state index in [4.69, 9.17) is 28.9 Å². The molecule has 0 fully saturated rings. The summed E-state index contributed by atoms with van der Waals surface area (Å²) in [6.07, 6.45) is 0. The van der Waals surface area contributed by atoms with Gasteiger partial charge in [0.05, 0.1) is 9.83 Å². The molecule has 0 aliphatic rings. The number of benzene rings is 1. The topological polar surface area (TPSA) is 26.0 Å². The Morgan fingerprint density at radius 1 is 1.24 bits per heavy atom. The van der Waals surface area contributed by atoms with Crippen LogP contribution in [0.1, 0.15) is 22.0 Å². The van der Waals surface area contributed by atoms with Crippen molar-refractivity contribution in [2.24, 2.45) is 5.73 Å². The molecular formula is C12H10BrCl2NS. The average Bonchev–Trinajstić information content (AvgIpc) is 2.60. The van der Waals surface area contributed by atoms with Gasteiger partial charge in [0, 0.05) is 14.9 Å². The Hall–Kier alpha value is -0.0600. The van der Waals surface area contributed by atoms with Gasteiger partial charge in [-0.3, -0.25) is 0 Å². The first-order valence-corrected chi connectivity index (χ1v) is 7.32. The number of thiophene rings is 1. The van der Waals surface area contributed by atoms with Gasteiger partial charge in [0.2, 0.25) is 0 Å². The number of rotatable bonds is 2. The van der Waals surface area contributed by atoms with Crippen LogP contribution in [0.3, 0.4) is 0 Å². The number of hydrogen-bond donors (Lipinski definition) is 1. The molecule has 17 heavy (non-hydrogen) atoms. The van der Waals surface area contributed by atoms with E-state index in [0.717, 1.165) is 14.9 Å². The van der Waals surface area contributed by atoms with Gasteiger partial charge in [0.25, 0.3) is 0 Å². The highest BCUT2D eigenvalue weighted by atomic mass is 79.9. The van der Waals surface area contributed by atoms with Crippen molar-refractivity contribution < 1.29 is 0 Å². The summed E-state index contributed by atoms with van der Waals surface area (Å²) < 4.78 is 1.07. The molecule has 0 spiro atoms. The van der Waals surface area contributed by atoms with Crippen molar-refractivity contribution in [3.63, 3.8) is 0 Å².